The summed E-state index contributed by atoms with van der Waals surface area (Å²) in [6.45, 7) is -0.379. The topological polar surface area (TPSA) is 105 Å². The zero-order valence-electron chi connectivity index (χ0n) is 17.0. The normalized spacial score (nSPS) is 19.8. The van der Waals surface area contributed by atoms with Crippen LogP contribution in [0.1, 0.15) is 23.1 Å². The molecule has 0 amide bonds. The molecule has 0 spiro atoms. The largest absolute Gasteiger partial charge is 0.508 e. The van der Waals surface area contributed by atoms with Crippen molar-refractivity contribution in [2.75, 3.05) is 19.7 Å². The van der Waals surface area contributed by atoms with Crippen molar-refractivity contribution in [1.82, 2.24) is 4.31 Å². The molecule has 0 aliphatic carbocycles. The van der Waals surface area contributed by atoms with Crippen LogP contribution in [0, 0.1) is 17.1 Å². The third kappa shape index (κ3) is 6.66. The molecular formula is C20H17F7N2O4S. The highest BCUT2D eigenvalue weighted by Crippen LogP contribution is 2.34. The lowest BCUT2D eigenvalue weighted by Gasteiger charge is -2.20. The zero-order chi connectivity index (χ0) is 25.9. The van der Waals surface area contributed by atoms with Gasteiger partial charge in [-0.3, -0.25) is 0 Å². The molecule has 34 heavy (non-hydrogen) atoms. The molecule has 0 aromatic heterocycles. The maximum Gasteiger partial charge on any atom is 0.419 e. The lowest BCUT2D eigenvalue weighted by molar-refractivity contribution is -0.140. The molecule has 0 radical (unpaired) electrons. The summed E-state index contributed by atoms with van der Waals surface area (Å²) in [5.41, 5.74) is -4.15. The number of hydrogen-bond donors (Lipinski definition) is 3. The van der Waals surface area contributed by atoms with E-state index < -0.39 is 58.2 Å². The first-order valence-electron chi connectivity index (χ1n) is 9.28. The molecule has 1 fully saturated rings. The SMILES string of the molecule is N#Cc1cc(C(F)(F)F)ccc1S(=O)N1CCC(O)(CO)C1.Oc1ccc(F)c(C(F)(F)F)c1. The summed E-state index contributed by atoms with van der Waals surface area (Å²) in [6, 6.07) is 5.81. The van der Waals surface area contributed by atoms with Crippen LogP contribution in [0.3, 0.4) is 0 Å². The van der Waals surface area contributed by atoms with Gasteiger partial charge in [-0.15, -0.1) is 0 Å². The number of rotatable bonds is 3. The molecule has 1 saturated heterocycles. The first kappa shape index (κ1) is 27.5. The summed E-state index contributed by atoms with van der Waals surface area (Å²) < 4.78 is 99.7. The van der Waals surface area contributed by atoms with Gasteiger partial charge < -0.3 is 15.3 Å². The molecule has 2 aromatic rings. The van der Waals surface area contributed by atoms with E-state index >= 15 is 0 Å². The standard InChI is InChI=1S/C13H13F3N2O3S.C7H4F4O/c14-13(15,16)10-1-2-11(9(5-10)6-17)22(21)18-4-3-12(20,7-18)8-19;8-6-2-1-4(12)3-5(6)7(9,10)11/h1-2,5,19-20H,3-4,7-8H2;1-3,12H. The van der Waals surface area contributed by atoms with Crippen LogP contribution in [0.4, 0.5) is 30.7 Å². The van der Waals surface area contributed by atoms with Gasteiger partial charge in [-0.1, -0.05) is 0 Å². The molecule has 0 saturated carbocycles. The summed E-state index contributed by atoms with van der Waals surface area (Å²) in [7, 11) is -1.88. The summed E-state index contributed by atoms with van der Waals surface area (Å²) in [4.78, 5) is -0.0438. The fourth-order valence-corrected chi connectivity index (χ4v) is 4.28. The molecule has 1 aliphatic heterocycles. The molecule has 14 heteroatoms. The van der Waals surface area contributed by atoms with Gasteiger partial charge in [-0.05, 0) is 42.8 Å². The maximum absolute atomic E-state index is 12.6. The van der Waals surface area contributed by atoms with Crippen molar-refractivity contribution in [1.29, 1.82) is 5.26 Å². The van der Waals surface area contributed by atoms with Crippen molar-refractivity contribution < 1.29 is 50.3 Å². The number of aromatic hydroxyl groups is 1. The van der Waals surface area contributed by atoms with Gasteiger partial charge in [0.1, 0.15) is 34.2 Å². The Morgan fingerprint density at radius 3 is 2.21 bits per heavy atom. The van der Waals surface area contributed by atoms with Crippen LogP contribution in [0.2, 0.25) is 0 Å². The molecule has 186 valence electrons. The molecule has 2 unspecified atom stereocenters. The van der Waals surface area contributed by atoms with Gasteiger partial charge in [0.25, 0.3) is 0 Å². The Morgan fingerprint density at radius 2 is 1.74 bits per heavy atom. The van der Waals surface area contributed by atoms with Gasteiger partial charge in [0, 0.05) is 13.1 Å². The van der Waals surface area contributed by atoms with Gasteiger partial charge in [0.05, 0.1) is 28.2 Å². The molecule has 1 heterocycles. The van der Waals surface area contributed by atoms with Crippen LogP contribution >= 0.6 is 0 Å². The fraction of sp³-hybridized carbons (Fsp3) is 0.350. The van der Waals surface area contributed by atoms with E-state index in [0.717, 1.165) is 18.2 Å². The minimum Gasteiger partial charge on any atom is -0.508 e. The minimum absolute atomic E-state index is 0.0438. The second-order valence-electron chi connectivity index (χ2n) is 7.23. The minimum atomic E-state index is -4.76. The lowest BCUT2D eigenvalue weighted by atomic mass is 10.1. The van der Waals surface area contributed by atoms with E-state index in [1.807, 2.05) is 0 Å². The Bertz CT molecular complexity index is 1100. The highest BCUT2D eigenvalue weighted by atomic mass is 32.2. The highest BCUT2D eigenvalue weighted by molar-refractivity contribution is 7.82. The summed E-state index contributed by atoms with van der Waals surface area (Å²) in [5, 5.41) is 36.6. The van der Waals surface area contributed by atoms with E-state index in [9.17, 15) is 40.0 Å². The Morgan fingerprint density at radius 1 is 1.09 bits per heavy atom. The van der Waals surface area contributed by atoms with Crippen LogP contribution in [0.25, 0.3) is 0 Å². The average molecular weight is 514 g/mol. The Labute approximate surface area is 191 Å². The molecule has 2 aromatic carbocycles. The summed E-state index contributed by atoms with van der Waals surface area (Å²) >= 11 is 0. The number of nitriles is 1. The van der Waals surface area contributed by atoms with Crippen LogP contribution in [-0.2, 0) is 23.3 Å². The van der Waals surface area contributed by atoms with Crippen LogP contribution in [0.5, 0.6) is 5.75 Å². The van der Waals surface area contributed by atoms with Gasteiger partial charge in [0.2, 0.25) is 0 Å². The van der Waals surface area contributed by atoms with Gasteiger partial charge in [-0.25, -0.2) is 12.9 Å². The first-order chi connectivity index (χ1) is 15.6. The lowest BCUT2D eigenvalue weighted by Crippen LogP contribution is -2.37. The number of hydrogen-bond acceptors (Lipinski definition) is 5. The van der Waals surface area contributed by atoms with Crippen LogP contribution in [-0.4, -0.2) is 49.1 Å². The predicted octanol–water partition coefficient (Wildman–Crippen LogP) is 3.58. The Balaban J connectivity index is 0.000000287. The van der Waals surface area contributed by atoms with E-state index in [1.165, 1.54) is 4.31 Å². The number of halogens is 7. The molecule has 3 rings (SSSR count). The Hall–Kier alpha value is -2.73. The fourth-order valence-electron chi connectivity index (χ4n) is 2.91. The van der Waals surface area contributed by atoms with Crippen molar-refractivity contribution >= 4 is 11.0 Å². The number of benzene rings is 2. The molecule has 1 aliphatic rings. The number of β-amino-alcohol motifs (C(OH)–C–C–N with tert-alkyl or cyclic N) is 1. The number of phenolic OH excluding ortho intramolecular Hbond substituents is 1. The highest BCUT2D eigenvalue weighted by Gasteiger charge is 2.39. The third-order valence-electron chi connectivity index (χ3n) is 4.70. The van der Waals surface area contributed by atoms with Crippen LogP contribution in [0.15, 0.2) is 41.3 Å². The zero-order valence-corrected chi connectivity index (χ0v) is 17.8. The average Bonchev–Trinajstić information content (AvgIpc) is 3.16. The first-order valence-corrected chi connectivity index (χ1v) is 10.4. The number of nitrogens with zero attached hydrogens (tertiary/aromatic N) is 2. The van der Waals surface area contributed by atoms with Gasteiger partial charge >= 0.3 is 12.4 Å². The van der Waals surface area contributed by atoms with E-state index in [1.54, 1.807) is 6.07 Å². The molecule has 3 N–H and O–H groups in total. The maximum atomic E-state index is 12.6. The van der Waals surface area contributed by atoms with E-state index in [4.69, 9.17) is 15.5 Å². The molecular weight excluding hydrogens is 497 g/mol. The number of alkyl halides is 6. The molecule has 6 nitrogen and oxygen atoms in total. The number of aliphatic hydroxyl groups is 2. The number of phenols is 1. The van der Waals surface area contributed by atoms with Crippen molar-refractivity contribution in [3.05, 3.63) is 58.9 Å². The second kappa shape index (κ2) is 10.3. The van der Waals surface area contributed by atoms with Gasteiger partial charge in [0.15, 0.2) is 0 Å². The second-order valence-corrected chi connectivity index (χ2v) is 8.68. The van der Waals surface area contributed by atoms with E-state index in [2.05, 4.69) is 0 Å². The van der Waals surface area contributed by atoms with Gasteiger partial charge in [-0.2, -0.15) is 31.6 Å². The summed E-state index contributed by atoms with van der Waals surface area (Å²) in [6.07, 6.45) is -9.16. The molecule has 2 atom stereocenters. The smallest absolute Gasteiger partial charge is 0.419 e. The van der Waals surface area contributed by atoms with E-state index in [0.29, 0.717) is 18.2 Å². The molecule has 0 bridgehead atoms. The third-order valence-corrected chi connectivity index (χ3v) is 6.21. The van der Waals surface area contributed by atoms with Crippen LogP contribution < -0.4 is 0 Å². The quantitative estimate of drug-likeness (QED) is 0.544. The van der Waals surface area contributed by atoms with Crippen molar-refractivity contribution in [3.63, 3.8) is 0 Å². The summed E-state index contributed by atoms with van der Waals surface area (Å²) in [5.74, 6) is -2.00. The van der Waals surface area contributed by atoms with E-state index in [-0.39, 0.29) is 30.0 Å². The number of aliphatic hydroxyl groups excluding tert-OH is 1. The predicted molar refractivity (Wildman–Crippen MR) is 104 cm³/mol. The Kier molecular flexibility index (Phi) is 8.30. The van der Waals surface area contributed by atoms with Crippen molar-refractivity contribution in [2.24, 2.45) is 0 Å². The van der Waals surface area contributed by atoms with Crippen molar-refractivity contribution in [3.8, 4) is 11.8 Å². The monoisotopic (exact) mass is 514 g/mol. The van der Waals surface area contributed by atoms with Crippen molar-refractivity contribution in [2.45, 2.75) is 29.3 Å².